The molecule has 0 aromatic rings. The van der Waals surface area contributed by atoms with Crippen molar-refractivity contribution in [2.75, 3.05) is 13.7 Å². The molecule has 1 N–H and O–H groups in total. The van der Waals surface area contributed by atoms with E-state index in [9.17, 15) is 4.79 Å². The molecule has 52 valence electrons. The summed E-state index contributed by atoms with van der Waals surface area (Å²) in [6.07, 6.45) is 0.795. The van der Waals surface area contributed by atoms with E-state index in [-0.39, 0.29) is 11.8 Å². The number of hydrogen-bond acceptors (Lipinski definition) is 2. The zero-order valence-corrected chi connectivity index (χ0v) is 5.33. The van der Waals surface area contributed by atoms with Crippen LogP contribution >= 0.6 is 0 Å². The second-order valence-electron chi connectivity index (χ2n) is 2.40. The zero-order valence-electron chi connectivity index (χ0n) is 5.33. The summed E-state index contributed by atoms with van der Waals surface area (Å²) < 4.78 is 4.78. The van der Waals surface area contributed by atoms with Crippen LogP contribution in [0.15, 0.2) is 0 Å². The minimum absolute atomic E-state index is 0.120. The van der Waals surface area contributed by atoms with E-state index in [1.165, 1.54) is 0 Å². The SMILES string of the molecule is COC[C@H]1CC1C(=O)O. The fourth-order valence-corrected chi connectivity index (χ4v) is 0.948. The van der Waals surface area contributed by atoms with E-state index in [0.29, 0.717) is 6.61 Å². The van der Waals surface area contributed by atoms with E-state index in [0.717, 1.165) is 6.42 Å². The summed E-state index contributed by atoms with van der Waals surface area (Å²) in [6, 6.07) is 0. The average molecular weight is 130 g/mol. The summed E-state index contributed by atoms with van der Waals surface area (Å²) in [5.41, 5.74) is 0. The van der Waals surface area contributed by atoms with Crippen molar-refractivity contribution in [3.8, 4) is 0 Å². The van der Waals surface area contributed by atoms with Gasteiger partial charge in [0, 0.05) is 13.7 Å². The molecule has 2 atom stereocenters. The fourth-order valence-electron chi connectivity index (χ4n) is 0.948. The largest absolute Gasteiger partial charge is 0.481 e. The number of carbonyl (C=O) groups is 1. The van der Waals surface area contributed by atoms with Gasteiger partial charge in [0.25, 0.3) is 0 Å². The number of aliphatic carboxylic acids is 1. The van der Waals surface area contributed by atoms with Gasteiger partial charge in [-0.1, -0.05) is 0 Å². The van der Waals surface area contributed by atoms with E-state index in [1.807, 2.05) is 0 Å². The van der Waals surface area contributed by atoms with Crippen LogP contribution in [0.1, 0.15) is 6.42 Å². The molecule has 3 nitrogen and oxygen atoms in total. The van der Waals surface area contributed by atoms with Crippen LogP contribution in [0.25, 0.3) is 0 Å². The standard InChI is InChI=1S/C6H10O3/c1-9-3-4-2-5(4)6(7)8/h4-5H,2-3H2,1H3,(H,7,8)/t4-,5?/m1/s1. The molecule has 0 amide bonds. The van der Waals surface area contributed by atoms with E-state index < -0.39 is 5.97 Å². The first kappa shape index (κ1) is 6.55. The third-order valence-corrected chi connectivity index (χ3v) is 1.62. The molecule has 0 radical (unpaired) electrons. The molecular formula is C6H10O3. The van der Waals surface area contributed by atoms with Crippen molar-refractivity contribution < 1.29 is 14.6 Å². The van der Waals surface area contributed by atoms with Gasteiger partial charge in [-0.25, -0.2) is 0 Å². The Balaban J connectivity index is 2.17. The molecule has 0 saturated heterocycles. The molecular weight excluding hydrogens is 120 g/mol. The Bertz CT molecular complexity index is 121. The molecule has 3 heteroatoms. The van der Waals surface area contributed by atoms with E-state index in [4.69, 9.17) is 9.84 Å². The molecule has 0 aliphatic heterocycles. The van der Waals surface area contributed by atoms with Crippen molar-refractivity contribution in [3.05, 3.63) is 0 Å². The molecule has 0 aromatic heterocycles. The van der Waals surface area contributed by atoms with Crippen molar-refractivity contribution in [1.82, 2.24) is 0 Å². The van der Waals surface area contributed by atoms with Gasteiger partial charge in [-0.05, 0) is 12.3 Å². The van der Waals surface area contributed by atoms with Crippen LogP contribution in [0.3, 0.4) is 0 Å². The van der Waals surface area contributed by atoms with Crippen LogP contribution < -0.4 is 0 Å². The van der Waals surface area contributed by atoms with Crippen LogP contribution in [0.5, 0.6) is 0 Å². The van der Waals surface area contributed by atoms with Gasteiger partial charge in [-0.2, -0.15) is 0 Å². The monoisotopic (exact) mass is 130 g/mol. The minimum Gasteiger partial charge on any atom is -0.481 e. The predicted octanol–water partition coefficient (Wildman–Crippen LogP) is 0.354. The van der Waals surface area contributed by atoms with Crippen LogP contribution in [-0.4, -0.2) is 24.8 Å². The highest BCUT2D eigenvalue weighted by atomic mass is 16.5. The lowest BCUT2D eigenvalue weighted by Gasteiger charge is -1.91. The predicted molar refractivity (Wildman–Crippen MR) is 31.1 cm³/mol. The molecule has 1 rings (SSSR count). The maximum absolute atomic E-state index is 10.2. The number of hydrogen-bond donors (Lipinski definition) is 1. The van der Waals surface area contributed by atoms with Crippen molar-refractivity contribution in [2.24, 2.45) is 11.8 Å². The molecule has 0 aromatic carbocycles. The first-order valence-electron chi connectivity index (χ1n) is 2.97. The first-order chi connectivity index (χ1) is 4.25. The van der Waals surface area contributed by atoms with Gasteiger partial charge in [0.15, 0.2) is 0 Å². The quantitative estimate of drug-likeness (QED) is 0.599. The fraction of sp³-hybridized carbons (Fsp3) is 0.833. The Kier molecular flexibility index (Phi) is 1.71. The van der Waals surface area contributed by atoms with Gasteiger partial charge >= 0.3 is 5.97 Å². The van der Waals surface area contributed by atoms with Crippen LogP contribution in [-0.2, 0) is 9.53 Å². The summed E-state index contributed by atoms with van der Waals surface area (Å²) in [5, 5.41) is 8.39. The summed E-state index contributed by atoms with van der Waals surface area (Å²) in [7, 11) is 1.59. The van der Waals surface area contributed by atoms with Crippen molar-refractivity contribution in [2.45, 2.75) is 6.42 Å². The highest BCUT2D eigenvalue weighted by molar-refractivity contribution is 5.73. The van der Waals surface area contributed by atoms with Gasteiger partial charge in [-0.3, -0.25) is 4.79 Å². The molecule has 1 fully saturated rings. The molecule has 1 aliphatic rings. The average Bonchev–Trinajstić information content (AvgIpc) is 2.47. The van der Waals surface area contributed by atoms with Crippen molar-refractivity contribution in [3.63, 3.8) is 0 Å². The molecule has 0 bridgehead atoms. The van der Waals surface area contributed by atoms with Crippen LogP contribution in [0.2, 0.25) is 0 Å². The summed E-state index contributed by atoms with van der Waals surface area (Å²) in [4.78, 5) is 10.2. The maximum Gasteiger partial charge on any atom is 0.306 e. The Morgan fingerprint density at radius 1 is 1.89 bits per heavy atom. The molecule has 1 aliphatic carbocycles. The van der Waals surface area contributed by atoms with E-state index in [1.54, 1.807) is 7.11 Å². The molecule has 0 heterocycles. The summed E-state index contributed by atoms with van der Waals surface area (Å²) in [5.74, 6) is -0.519. The van der Waals surface area contributed by atoms with Gasteiger partial charge in [-0.15, -0.1) is 0 Å². The summed E-state index contributed by atoms with van der Waals surface area (Å²) in [6.45, 7) is 0.594. The van der Waals surface area contributed by atoms with Gasteiger partial charge in [0.1, 0.15) is 0 Å². The van der Waals surface area contributed by atoms with Crippen LogP contribution in [0, 0.1) is 11.8 Å². The van der Waals surface area contributed by atoms with Crippen LogP contribution in [0.4, 0.5) is 0 Å². The second-order valence-corrected chi connectivity index (χ2v) is 2.40. The van der Waals surface area contributed by atoms with Crippen molar-refractivity contribution in [1.29, 1.82) is 0 Å². The second kappa shape index (κ2) is 2.35. The van der Waals surface area contributed by atoms with Crippen molar-refractivity contribution >= 4 is 5.97 Å². The number of ether oxygens (including phenoxy) is 1. The Labute approximate surface area is 53.6 Å². The lowest BCUT2D eigenvalue weighted by atomic mass is 10.3. The first-order valence-corrected chi connectivity index (χ1v) is 2.97. The number of methoxy groups -OCH3 is 1. The number of carboxylic acid groups (broad SMARTS) is 1. The highest BCUT2D eigenvalue weighted by Gasteiger charge is 2.42. The number of rotatable bonds is 3. The lowest BCUT2D eigenvalue weighted by Crippen LogP contribution is -2.02. The maximum atomic E-state index is 10.2. The lowest BCUT2D eigenvalue weighted by molar-refractivity contribution is -0.139. The smallest absolute Gasteiger partial charge is 0.306 e. The Morgan fingerprint density at radius 3 is 2.89 bits per heavy atom. The summed E-state index contributed by atoms with van der Waals surface area (Å²) >= 11 is 0. The Hall–Kier alpha value is -0.570. The molecule has 0 spiro atoms. The zero-order chi connectivity index (χ0) is 6.85. The topological polar surface area (TPSA) is 46.5 Å². The van der Waals surface area contributed by atoms with Gasteiger partial charge < -0.3 is 9.84 Å². The van der Waals surface area contributed by atoms with Gasteiger partial charge in [0.05, 0.1) is 5.92 Å². The Morgan fingerprint density at radius 2 is 2.56 bits per heavy atom. The van der Waals surface area contributed by atoms with E-state index in [2.05, 4.69) is 0 Å². The van der Waals surface area contributed by atoms with E-state index >= 15 is 0 Å². The minimum atomic E-state index is -0.683. The number of carboxylic acids is 1. The van der Waals surface area contributed by atoms with Gasteiger partial charge in [0.2, 0.25) is 0 Å². The molecule has 9 heavy (non-hydrogen) atoms. The molecule has 1 unspecified atom stereocenters. The third kappa shape index (κ3) is 1.42. The third-order valence-electron chi connectivity index (χ3n) is 1.62. The molecule has 1 saturated carbocycles. The normalized spacial score (nSPS) is 32.1. The highest BCUT2D eigenvalue weighted by Crippen LogP contribution is 2.38.